The number of ketones is 5. The molecule has 1 saturated heterocycles. The molecule has 0 spiro atoms. The van der Waals surface area contributed by atoms with E-state index in [1.165, 1.54) is 54.7 Å². The summed E-state index contributed by atoms with van der Waals surface area (Å²) in [5, 5.41) is 17.5. The lowest BCUT2D eigenvalue weighted by Gasteiger charge is -2.36. The molecule has 492 valence electrons. The van der Waals surface area contributed by atoms with Crippen molar-refractivity contribution in [2.24, 2.45) is 59.2 Å². The molecule has 13 atom stereocenters. The maximum absolute atomic E-state index is 14.9. The van der Waals surface area contributed by atoms with E-state index in [-0.39, 0.29) is 82.1 Å². The van der Waals surface area contributed by atoms with Crippen LogP contribution in [0.4, 0.5) is 0 Å². The number of nitrogens with one attached hydrogen (secondary N) is 2. The topological polar surface area (TPSA) is 254 Å². The quantitative estimate of drug-likeness (QED) is 0.0546. The van der Waals surface area contributed by atoms with Crippen LogP contribution in [-0.4, -0.2) is 178 Å². The highest BCUT2D eigenvalue weighted by Crippen LogP contribution is 2.30. The Labute approximate surface area is 522 Å². The normalized spacial score (nSPS) is 27.1. The van der Waals surface area contributed by atoms with Gasteiger partial charge in [-0.25, -0.2) is 0 Å². The zero-order valence-electron chi connectivity index (χ0n) is 56.2. The number of amides is 6. The number of unbranched alkanes of at least 4 members (excludes halogenated alkanes) is 1. The van der Waals surface area contributed by atoms with Crippen molar-refractivity contribution in [2.45, 2.75) is 243 Å². The summed E-state index contributed by atoms with van der Waals surface area (Å²) in [6.07, 6.45) is 1.83. The first-order chi connectivity index (χ1) is 40.0. The van der Waals surface area contributed by atoms with Crippen LogP contribution < -0.4 is 10.6 Å². The highest BCUT2D eigenvalue weighted by molar-refractivity contribution is 7.80. The van der Waals surface area contributed by atoms with Crippen LogP contribution in [0.15, 0.2) is 12.2 Å². The minimum atomic E-state index is -1.38. The molecule has 19 nitrogen and oxygen atoms in total. The molecule has 0 aromatic heterocycles. The van der Waals surface area contributed by atoms with Crippen molar-refractivity contribution >= 4 is 77.0 Å². The lowest BCUT2D eigenvalue weighted by Crippen LogP contribution is -2.53. The van der Waals surface area contributed by atoms with Gasteiger partial charge in [-0.1, -0.05) is 102 Å². The third-order valence-electron chi connectivity index (χ3n) is 17.0. The number of rotatable bonds is 19. The summed E-state index contributed by atoms with van der Waals surface area (Å²) in [5.74, 6) is -11.1. The molecule has 0 radical (unpaired) electrons. The first-order valence-electron chi connectivity index (χ1n) is 31.8. The summed E-state index contributed by atoms with van der Waals surface area (Å²) >= 11 is 4.30. The Hall–Kier alpha value is -4.82. The summed E-state index contributed by atoms with van der Waals surface area (Å²) in [7, 11) is 5.92. The summed E-state index contributed by atoms with van der Waals surface area (Å²) in [4.78, 5) is 165. The molecule has 0 unspecified atom stereocenters. The van der Waals surface area contributed by atoms with E-state index in [1.54, 1.807) is 61.5 Å². The summed E-state index contributed by atoms with van der Waals surface area (Å²) in [6.45, 7) is 28.7. The Balaban J connectivity index is 4.22. The SMILES string of the molecule is C/C=C/C[C@@H](C)[C@@H](O)[C@@H]1CC(=O)[C@H](C(C)C)N(C)C(=O)[C@H](CC(C)C)CC(=O)[C@H](CC(C)C)N(C)C(=O)[C@@H](C)NC(=O)[C@H](C)CC(=O)[C@H](CC(C)C)N(C)C(=O)[C@H](C(C)C)CC(=O)[C@H]([C@@H](C)OCCCCS)N(C)C(=O)CCC(=O)[C@H](CC)NC1=O. The molecule has 0 aliphatic carbocycles. The van der Waals surface area contributed by atoms with Crippen molar-refractivity contribution < 1.29 is 62.6 Å². The lowest BCUT2D eigenvalue weighted by atomic mass is 9.82. The molecule has 1 rings (SSSR count). The predicted molar refractivity (Wildman–Crippen MR) is 340 cm³/mol. The van der Waals surface area contributed by atoms with E-state index < -0.39 is 161 Å². The fourth-order valence-corrected chi connectivity index (χ4v) is 12.0. The van der Waals surface area contributed by atoms with Crippen LogP contribution in [-0.2, 0) is 57.5 Å². The third kappa shape index (κ3) is 24.6. The molecule has 0 saturated carbocycles. The average Bonchev–Trinajstić information content (AvgIpc) is 1.52. The smallest absolute Gasteiger partial charge is 0.245 e. The number of hydrogen-bond acceptors (Lipinski definition) is 14. The Bertz CT molecular complexity index is 2290. The second-order valence-electron chi connectivity index (χ2n) is 26.6. The molecular weight excluding hydrogens is 1120 g/mol. The third-order valence-corrected chi connectivity index (χ3v) is 17.3. The Morgan fingerprint density at radius 2 is 1.10 bits per heavy atom. The number of carbonyl (C=O) groups excluding carboxylic acids is 11. The fourth-order valence-electron chi connectivity index (χ4n) is 11.7. The number of allylic oxidation sites excluding steroid dienone is 2. The maximum atomic E-state index is 14.9. The van der Waals surface area contributed by atoms with Crippen molar-refractivity contribution in [2.75, 3.05) is 40.6 Å². The number of aliphatic hydroxyl groups excluding tert-OH is 1. The molecule has 1 heterocycles. The van der Waals surface area contributed by atoms with Gasteiger partial charge < -0.3 is 40.1 Å². The van der Waals surface area contributed by atoms with Gasteiger partial charge in [0.05, 0.1) is 42.3 Å². The number of likely N-dealkylation sites (N-methyl/N-ethyl adjacent to an activating group) is 4. The molecule has 0 aromatic rings. The van der Waals surface area contributed by atoms with E-state index >= 15 is 0 Å². The number of aliphatic hydroxyl groups is 1. The van der Waals surface area contributed by atoms with Crippen molar-refractivity contribution in [1.29, 1.82) is 0 Å². The lowest BCUT2D eigenvalue weighted by molar-refractivity contribution is -0.148. The highest BCUT2D eigenvalue weighted by atomic mass is 32.1. The maximum Gasteiger partial charge on any atom is 0.245 e. The van der Waals surface area contributed by atoms with E-state index in [0.717, 1.165) is 6.42 Å². The van der Waals surface area contributed by atoms with Gasteiger partial charge in [-0.05, 0) is 107 Å². The minimum absolute atomic E-state index is 0.0774. The molecule has 1 aliphatic rings. The van der Waals surface area contributed by atoms with E-state index in [2.05, 4.69) is 23.3 Å². The van der Waals surface area contributed by atoms with E-state index in [4.69, 9.17) is 4.74 Å². The zero-order chi connectivity index (χ0) is 66.2. The van der Waals surface area contributed by atoms with Crippen LogP contribution in [0.3, 0.4) is 0 Å². The monoisotopic (exact) mass is 1230 g/mol. The molecule has 0 aromatic carbocycles. The largest absolute Gasteiger partial charge is 0.392 e. The fraction of sp³-hybridized carbons (Fsp3) is 0.803. The van der Waals surface area contributed by atoms with Crippen molar-refractivity contribution in [3.63, 3.8) is 0 Å². The van der Waals surface area contributed by atoms with Gasteiger partial charge >= 0.3 is 0 Å². The summed E-state index contributed by atoms with van der Waals surface area (Å²) in [6, 6.07) is -6.60. The molecule has 0 bridgehead atoms. The number of ether oxygens (including phenoxy) is 1. The number of Topliss-reactive ketones (excluding diaryl/α,β-unsaturated/α-hetero) is 5. The van der Waals surface area contributed by atoms with Gasteiger partial charge in [0, 0.05) is 91.1 Å². The Morgan fingerprint density at radius 1 is 0.581 bits per heavy atom. The van der Waals surface area contributed by atoms with Crippen LogP contribution in [0.25, 0.3) is 0 Å². The number of thiol groups is 1. The standard InChI is InChI=1S/C66H114N6O13S/c1-21-23-26-43(13)61(79)49-37-56(76)59(42(11)12)72(20)65(83)47(31-38(3)4)35-55(75)52(33-40(7)8)69(17)64(82)45(15)67-62(80)44(14)34-54(74)51(32-39(5)6)70(18)66(84)48(41(9)10)36-57(77)60(46(16)85-29-24-25-30-86)71(19)58(78)28-27-53(73)50(22-2)68-63(49)81/h21,23,38-52,59-61,79,86H,22,24-37H2,1-20H3,(H,67,80)(H,68,81)/b23-21+/t43-,44-,45-,46-,47-,48+,49+,50+,51+,52+,59+,60+,61-/m1/s1. The molecule has 6 amide bonds. The van der Waals surface area contributed by atoms with Gasteiger partial charge in [-0.3, -0.25) is 52.7 Å². The van der Waals surface area contributed by atoms with Gasteiger partial charge in [0.15, 0.2) is 28.9 Å². The van der Waals surface area contributed by atoms with Crippen molar-refractivity contribution in [1.82, 2.24) is 30.2 Å². The van der Waals surface area contributed by atoms with Crippen molar-refractivity contribution in [3.05, 3.63) is 12.2 Å². The summed E-state index contributed by atoms with van der Waals surface area (Å²) < 4.78 is 6.17. The Morgan fingerprint density at radius 3 is 1.60 bits per heavy atom. The van der Waals surface area contributed by atoms with E-state index in [0.29, 0.717) is 18.6 Å². The van der Waals surface area contributed by atoms with Crippen LogP contribution in [0.1, 0.15) is 194 Å². The molecule has 1 aliphatic heterocycles. The molecular formula is C66H114N6O13S. The molecule has 20 heteroatoms. The van der Waals surface area contributed by atoms with Crippen LogP contribution in [0, 0.1) is 59.2 Å². The van der Waals surface area contributed by atoms with E-state index in [1.807, 2.05) is 54.5 Å². The molecule has 3 N–H and O–H groups in total. The minimum Gasteiger partial charge on any atom is -0.392 e. The van der Waals surface area contributed by atoms with Gasteiger partial charge in [0.25, 0.3) is 0 Å². The zero-order valence-corrected chi connectivity index (χ0v) is 57.1. The van der Waals surface area contributed by atoms with Gasteiger partial charge in [-0.2, -0.15) is 12.6 Å². The first kappa shape index (κ1) is 79.2. The van der Waals surface area contributed by atoms with Gasteiger partial charge in [0.1, 0.15) is 12.1 Å². The summed E-state index contributed by atoms with van der Waals surface area (Å²) in [5.41, 5.74) is 0. The van der Waals surface area contributed by atoms with Crippen LogP contribution >= 0.6 is 12.6 Å². The van der Waals surface area contributed by atoms with E-state index in [9.17, 15) is 57.8 Å². The number of nitrogens with zero attached hydrogens (tertiary/aromatic N) is 4. The predicted octanol–water partition coefficient (Wildman–Crippen LogP) is 7.91. The van der Waals surface area contributed by atoms with Gasteiger partial charge in [0.2, 0.25) is 35.4 Å². The molecule has 86 heavy (non-hydrogen) atoms. The van der Waals surface area contributed by atoms with Crippen LogP contribution in [0.5, 0.6) is 0 Å². The second-order valence-corrected chi connectivity index (χ2v) is 27.0. The first-order valence-corrected chi connectivity index (χ1v) is 32.5. The van der Waals surface area contributed by atoms with Crippen molar-refractivity contribution in [3.8, 4) is 0 Å². The second kappa shape index (κ2) is 38.6. The van der Waals surface area contributed by atoms with Crippen LogP contribution in [0.2, 0.25) is 0 Å². The number of carbonyl (C=O) groups is 11. The molecule has 1 fully saturated rings. The highest BCUT2D eigenvalue weighted by Gasteiger charge is 2.43. The van der Waals surface area contributed by atoms with Gasteiger partial charge in [-0.15, -0.1) is 0 Å². The number of hydrogen-bond donors (Lipinski definition) is 4. The average molecular weight is 1230 g/mol. The Kier molecular flexibility index (Phi) is 35.5.